The molecule has 4 nitrogen and oxygen atoms in total. The summed E-state index contributed by atoms with van der Waals surface area (Å²) in [4.78, 5) is 12.2. The van der Waals surface area contributed by atoms with Crippen LogP contribution in [0.2, 0.25) is 0 Å². The second kappa shape index (κ2) is 6.60. The Balaban J connectivity index is 1.70. The fourth-order valence-corrected chi connectivity index (χ4v) is 4.45. The quantitative estimate of drug-likeness (QED) is 0.831. The van der Waals surface area contributed by atoms with Gasteiger partial charge < -0.3 is 9.47 Å². The van der Waals surface area contributed by atoms with Crippen LogP contribution in [0.4, 0.5) is 10.5 Å². The maximum absolute atomic E-state index is 12.2. The summed E-state index contributed by atoms with van der Waals surface area (Å²) in [6, 6.07) is 9.37. The number of para-hydroxylation sites is 1. The predicted octanol–water partition coefficient (Wildman–Crippen LogP) is 4.49. The molecule has 1 aromatic rings. The van der Waals surface area contributed by atoms with E-state index in [-0.39, 0.29) is 11.5 Å². The van der Waals surface area contributed by atoms with Crippen LogP contribution in [0.25, 0.3) is 0 Å². The first-order valence-electron chi connectivity index (χ1n) is 8.73. The topological polar surface area (TPSA) is 47.6 Å². The van der Waals surface area contributed by atoms with Gasteiger partial charge in [-0.3, -0.25) is 5.32 Å². The van der Waals surface area contributed by atoms with E-state index in [9.17, 15) is 4.79 Å². The van der Waals surface area contributed by atoms with Crippen LogP contribution in [-0.2, 0) is 9.47 Å². The van der Waals surface area contributed by atoms with Crippen molar-refractivity contribution in [2.24, 2.45) is 23.2 Å². The van der Waals surface area contributed by atoms with Crippen molar-refractivity contribution >= 4 is 11.8 Å². The van der Waals surface area contributed by atoms with Gasteiger partial charge in [0, 0.05) is 17.0 Å². The summed E-state index contributed by atoms with van der Waals surface area (Å²) in [6.07, 6.45) is 2.15. The molecule has 1 amide bonds. The van der Waals surface area contributed by atoms with Gasteiger partial charge in [0.1, 0.15) is 6.61 Å². The zero-order valence-electron chi connectivity index (χ0n) is 14.9. The van der Waals surface area contributed by atoms with E-state index in [0.29, 0.717) is 31.0 Å². The molecule has 5 atom stereocenters. The number of ether oxygens (including phenoxy) is 2. The van der Waals surface area contributed by atoms with Crippen molar-refractivity contribution < 1.29 is 14.3 Å². The standard InChI is InChI=1S/C20H27NO3/c1-13-10-14(2)20(11-23-16(4)18(13)15(20)3)12-24-19(22)21-17-8-6-5-7-9-17/h5-10,14-16,18H,11-12H2,1-4H3,(H,21,22)/t14-,15+,16+,18-,20-/m0/s1. The molecule has 1 aliphatic carbocycles. The van der Waals surface area contributed by atoms with Gasteiger partial charge >= 0.3 is 6.09 Å². The molecule has 0 saturated carbocycles. The van der Waals surface area contributed by atoms with Crippen molar-refractivity contribution in [1.29, 1.82) is 0 Å². The van der Waals surface area contributed by atoms with Gasteiger partial charge in [0.25, 0.3) is 0 Å². The zero-order valence-corrected chi connectivity index (χ0v) is 14.9. The van der Waals surface area contributed by atoms with Crippen LogP contribution in [0.15, 0.2) is 42.0 Å². The number of allylic oxidation sites excluding steroid dienone is 1. The second-order valence-electron chi connectivity index (χ2n) is 7.33. The summed E-state index contributed by atoms with van der Waals surface area (Å²) in [5.74, 6) is 1.14. The minimum Gasteiger partial charge on any atom is -0.449 e. The van der Waals surface area contributed by atoms with Crippen molar-refractivity contribution in [3.63, 3.8) is 0 Å². The van der Waals surface area contributed by atoms with E-state index in [1.165, 1.54) is 5.57 Å². The monoisotopic (exact) mass is 329 g/mol. The number of fused-ring (bicyclic) bond motifs is 2. The molecule has 2 aliphatic rings. The Hall–Kier alpha value is -1.81. The van der Waals surface area contributed by atoms with Crippen LogP contribution in [-0.4, -0.2) is 25.4 Å². The molecule has 0 radical (unpaired) electrons. The number of benzene rings is 1. The molecule has 2 bridgehead atoms. The predicted molar refractivity (Wildman–Crippen MR) is 94.8 cm³/mol. The SMILES string of the molecule is CC1=C[C@H](C)[C@@]2(COC(=O)Nc3ccccc3)CO[C@H](C)[C@@H]1[C@H]2C. The highest BCUT2D eigenvalue weighted by Gasteiger charge is 2.53. The Kier molecular flexibility index (Phi) is 4.68. The molecular weight excluding hydrogens is 302 g/mol. The molecule has 0 aromatic heterocycles. The number of carbonyl (C=O) groups is 1. The van der Waals surface area contributed by atoms with Gasteiger partial charge in [-0.1, -0.05) is 43.7 Å². The average Bonchev–Trinajstić information content (AvgIpc) is 2.54. The molecule has 3 rings (SSSR count). The number of hydrogen-bond donors (Lipinski definition) is 1. The molecule has 1 aliphatic heterocycles. The fraction of sp³-hybridized carbons (Fsp3) is 0.550. The van der Waals surface area contributed by atoms with E-state index in [2.05, 4.69) is 39.1 Å². The van der Waals surface area contributed by atoms with Crippen LogP contribution in [0, 0.1) is 23.2 Å². The smallest absolute Gasteiger partial charge is 0.411 e. The van der Waals surface area contributed by atoms with E-state index >= 15 is 0 Å². The zero-order chi connectivity index (χ0) is 17.3. The molecule has 1 N–H and O–H groups in total. The number of amides is 1. The van der Waals surface area contributed by atoms with Crippen molar-refractivity contribution in [1.82, 2.24) is 0 Å². The van der Waals surface area contributed by atoms with E-state index in [0.717, 1.165) is 5.69 Å². The average molecular weight is 329 g/mol. The minimum atomic E-state index is -0.406. The van der Waals surface area contributed by atoms with Crippen molar-refractivity contribution in [3.8, 4) is 0 Å². The van der Waals surface area contributed by atoms with Gasteiger partial charge in [-0.05, 0) is 37.8 Å². The third-order valence-corrected chi connectivity index (χ3v) is 6.00. The third kappa shape index (κ3) is 2.95. The van der Waals surface area contributed by atoms with E-state index in [1.54, 1.807) is 0 Å². The molecule has 1 saturated heterocycles. The number of rotatable bonds is 3. The number of carbonyl (C=O) groups excluding carboxylic acids is 1. The summed E-state index contributed by atoms with van der Waals surface area (Å²) in [5.41, 5.74) is 1.99. The molecule has 24 heavy (non-hydrogen) atoms. The third-order valence-electron chi connectivity index (χ3n) is 6.00. The summed E-state index contributed by atoms with van der Waals surface area (Å²) >= 11 is 0. The Bertz CT molecular complexity index is 627. The van der Waals surface area contributed by atoms with Crippen LogP contribution in [0.1, 0.15) is 27.7 Å². The highest BCUT2D eigenvalue weighted by atomic mass is 16.6. The van der Waals surface area contributed by atoms with E-state index < -0.39 is 6.09 Å². The first-order valence-corrected chi connectivity index (χ1v) is 8.73. The number of anilines is 1. The van der Waals surface area contributed by atoms with Gasteiger partial charge in [-0.25, -0.2) is 4.79 Å². The maximum atomic E-state index is 12.2. The van der Waals surface area contributed by atoms with Crippen LogP contribution in [0.5, 0.6) is 0 Å². The first kappa shape index (κ1) is 17.0. The van der Waals surface area contributed by atoms with Gasteiger partial charge in [0.05, 0.1) is 12.7 Å². The molecule has 0 unspecified atom stereocenters. The fourth-order valence-electron chi connectivity index (χ4n) is 4.45. The van der Waals surface area contributed by atoms with Gasteiger partial charge in [-0.15, -0.1) is 0 Å². The first-order chi connectivity index (χ1) is 11.4. The molecule has 1 fully saturated rings. The Labute approximate surface area is 144 Å². The lowest BCUT2D eigenvalue weighted by Crippen LogP contribution is -2.56. The Morgan fingerprint density at radius 1 is 1.29 bits per heavy atom. The van der Waals surface area contributed by atoms with Gasteiger partial charge in [-0.2, -0.15) is 0 Å². The lowest BCUT2D eigenvalue weighted by Gasteiger charge is -2.54. The van der Waals surface area contributed by atoms with Gasteiger partial charge in [0.15, 0.2) is 0 Å². The Morgan fingerprint density at radius 3 is 2.71 bits per heavy atom. The molecule has 1 heterocycles. The lowest BCUT2D eigenvalue weighted by molar-refractivity contribution is -0.156. The highest BCUT2D eigenvalue weighted by Crippen LogP contribution is 2.52. The maximum Gasteiger partial charge on any atom is 0.411 e. The Morgan fingerprint density at radius 2 is 2.00 bits per heavy atom. The summed E-state index contributed by atoms with van der Waals surface area (Å²) in [7, 11) is 0. The molecular formula is C20H27NO3. The van der Waals surface area contributed by atoms with E-state index in [4.69, 9.17) is 9.47 Å². The van der Waals surface area contributed by atoms with Gasteiger partial charge in [0.2, 0.25) is 0 Å². The molecule has 1 aromatic carbocycles. The van der Waals surface area contributed by atoms with Crippen LogP contribution >= 0.6 is 0 Å². The second-order valence-corrected chi connectivity index (χ2v) is 7.33. The molecule has 4 heteroatoms. The van der Waals surface area contributed by atoms with E-state index in [1.807, 2.05) is 30.3 Å². The molecule has 130 valence electrons. The number of hydrogen-bond acceptors (Lipinski definition) is 3. The highest BCUT2D eigenvalue weighted by molar-refractivity contribution is 5.84. The lowest BCUT2D eigenvalue weighted by atomic mass is 9.56. The molecule has 0 spiro atoms. The van der Waals surface area contributed by atoms with Crippen molar-refractivity contribution in [2.45, 2.75) is 33.8 Å². The number of nitrogens with one attached hydrogen (secondary N) is 1. The summed E-state index contributed by atoms with van der Waals surface area (Å²) < 4.78 is 11.7. The van der Waals surface area contributed by atoms with Crippen LogP contribution in [0.3, 0.4) is 0 Å². The van der Waals surface area contributed by atoms with Crippen LogP contribution < -0.4 is 5.32 Å². The normalized spacial score (nSPS) is 35.1. The largest absolute Gasteiger partial charge is 0.449 e. The van der Waals surface area contributed by atoms with Crippen molar-refractivity contribution in [2.75, 3.05) is 18.5 Å². The summed E-state index contributed by atoms with van der Waals surface area (Å²) in [5, 5.41) is 2.78. The van der Waals surface area contributed by atoms with Crippen molar-refractivity contribution in [3.05, 3.63) is 42.0 Å². The minimum absolute atomic E-state index is 0.148. The summed E-state index contributed by atoms with van der Waals surface area (Å²) in [6.45, 7) is 9.82.